The smallest absolute Gasteiger partial charge is 0.308 e. The van der Waals surface area contributed by atoms with Crippen molar-refractivity contribution in [3.63, 3.8) is 0 Å². The third-order valence-electron chi connectivity index (χ3n) is 3.48. The van der Waals surface area contributed by atoms with Crippen LogP contribution >= 0.6 is 23.2 Å². The first-order valence-electron chi connectivity index (χ1n) is 8.09. The number of hydrogen-bond donors (Lipinski definition) is 3. The van der Waals surface area contributed by atoms with Crippen molar-refractivity contribution in [2.75, 3.05) is 10.6 Å². The van der Waals surface area contributed by atoms with Gasteiger partial charge in [0.05, 0.1) is 16.1 Å². The van der Waals surface area contributed by atoms with Gasteiger partial charge < -0.3 is 5.32 Å². The number of benzene rings is 1. The van der Waals surface area contributed by atoms with Crippen LogP contribution in [0.4, 0.5) is 16.4 Å². The Morgan fingerprint density at radius 1 is 1.08 bits per heavy atom. The summed E-state index contributed by atoms with van der Waals surface area (Å²) < 4.78 is 0. The number of anilines is 2. The zero-order valence-electron chi connectivity index (χ0n) is 14.3. The molecule has 26 heavy (non-hydrogen) atoms. The van der Waals surface area contributed by atoms with Crippen LogP contribution in [0.3, 0.4) is 0 Å². The molecule has 136 valence electrons. The van der Waals surface area contributed by atoms with Gasteiger partial charge in [-0.3, -0.25) is 10.6 Å². The summed E-state index contributed by atoms with van der Waals surface area (Å²) in [5, 5.41) is 9.13. The number of rotatable bonds is 3. The molecule has 3 N–H and O–H groups in total. The Labute approximate surface area is 161 Å². The highest BCUT2D eigenvalue weighted by molar-refractivity contribution is 6.42. The van der Waals surface area contributed by atoms with Gasteiger partial charge >= 0.3 is 6.03 Å². The largest absolute Gasteiger partial charge is 0.326 e. The van der Waals surface area contributed by atoms with Crippen molar-refractivity contribution in [1.82, 2.24) is 15.3 Å². The maximum absolute atomic E-state index is 12.3. The van der Waals surface area contributed by atoms with Crippen LogP contribution in [0, 0.1) is 13.8 Å². The zero-order valence-corrected chi connectivity index (χ0v) is 15.8. The SMILES string of the molecule is Cc1cc(C)nc(NC(=NC2CC2)NC(=O)Nc2ccc(Cl)c(Cl)c2)n1. The molecule has 3 rings (SSSR count). The van der Waals surface area contributed by atoms with Crippen LogP contribution in [0.25, 0.3) is 0 Å². The number of hydrogen-bond acceptors (Lipinski definition) is 4. The summed E-state index contributed by atoms with van der Waals surface area (Å²) in [6, 6.07) is 6.45. The lowest BCUT2D eigenvalue weighted by Gasteiger charge is -2.12. The minimum absolute atomic E-state index is 0.202. The van der Waals surface area contributed by atoms with E-state index in [1.54, 1.807) is 18.2 Å². The van der Waals surface area contributed by atoms with Crippen LogP contribution in [-0.2, 0) is 0 Å². The molecule has 1 aliphatic carbocycles. The van der Waals surface area contributed by atoms with Crippen LogP contribution in [0.5, 0.6) is 0 Å². The second kappa shape index (κ2) is 7.88. The fourth-order valence-corrected chi connectivity index (χ4v) is 2.51. The Kier molecular flexibility index (Phi) is 5.58. The number of carbonyl (C=O) groups excluding carboxylic acids is 1. The lowest BCUT2D eigenvalue weighted by atomic mass is 10.3. The zero-order chi connectivity index (χ0) is 18.7. The second-order valence-electron chi connectivity index (χ2n) is 6.02. The average Bonchev–Trinajstić information content (AvgIpc) is 3.33. The summed E-state index contributed by atoms with van der Waals surface area (Å²) in [7, 11) is 0. The van der Waals surface area contributed by atoms with Crippen molar-refractivity contribution in [3.8, 4) is 0 Å². The number of aryl methyl sites for hydroxylation is 2. The van der Waals surface area contributed by atoms with E-state index in [9.17, 15) is 4.79 Å². The first-order valence-corrected chi connectivity index (χ1v) is 8.85. The lowest BCUT2D eigenvalue weighted by molar-refractivity contribution is 0.256. The van der Waals surface area contributed by atoms with Crippen LogP contribution in [0.1, 0.15) is 24.2 Å². The van der Waals surface area contributed by atoms with Crippen LogP contribution < -0.4 is 16.0 Å². The highest BCUT2D eigenvalue weighted by Gasteiger charge is 2.22. The first-order chi connectivity index (χ1) is 12.4. The predicted octanol–water partition coefficient (Wildman–Crippen LogP) is 4.15. The van der Waals surface area contributed by atoms with Gasteiger partial charge in [-0.05, 0) is 51.0 Å². The molecule has 1 aromatic carbocycles. The molecule has 0 aliphatic heterocycles. The molecule has 0 radical (unpaired) electrons. The molecule has 2 amide bonds. The molecular weight excluding hydrogens is 375 g/mol. The molecule has 1 aromatic heterocycles. The Bertz CT molecular complexity index is 846. The van der Waals surface area contributed by atoms with Crippen molar-refractivity contribution in [2.45, 2.75) is 32.7 Å². The molecule has 1 saturated carbocycles. The first kappa shape index (κ1) is 18.4. The molecule has 0 unspecified atom stereocenters. The van der Waals surface area contributed by atoms with Gasteiger partial charge in [-0.1, -0.05) is 23.2 Å². The molecule has 2 aromatic rings. The van der Waals surface area contributed by atoms with E-state index in [0.29, 0.717) is 27.6 Å². The number of aromatic nitrogens is 2. The highest BCUT2D eigenvalue weighted by Crippen LogP contribution is 2.25. The normalized spacial score (nSPS) is 14.1. The van der Waals surface area contributed by atoms with Gasteiger partial charge in [-0.2, -0.15) is 0 Å². The summed E-state index contributed by atoms with van der Waals surface area (Å²) in [6.45, 7) is 3.75. The van der Waals surface area contributed by atoms with Gasteiger partial charge in [0.2, 0.25) is 11.9 Å². The van der Waals surface area contributed by atoms with Crippen LogP contribution in [0.2, 0.25) is 10.0 Å². The summed E-state index contributed by atoms with van der Waals surface area (Å²) in [5.74, 6) is 0.687. The van der Waals surface area contributed by atoms with Crippen molar-refractivity contribution in [1.29, 1.82) is 0 Å². The molecule has 9 heteroatoms. The molecule has 0 spiro atoms. The van der Waals surface area contributed by atoms with E-state index in [0.717, 1.165) is 24.2 Å². The number of nitrogens with zero attached hydrogens (tertiary/aromatic N) is 3. The number of urea groups is 1. The van der Waals surface area contributed by atoms with Gasteiger partial charge in [-0.15, -0.1) is 0 Å². The Morgan fingerprint density at radius 3 is 2.38 bits per heavy atom. The minimum Gasteiger partial charge on any atom is -0.308 e. The standard InChI is InChI=1S/C17H18Cl2N6O/c1-9-7-10(2)21-15(20-9)24-16(22-11-3-4-11)25-17(26)23-12-5-6-13(18)14(19)8-12/h5-8,11H,3-4H2,1-2H3,(H3,20,21,22,23,24,25,26). The summed E-state index contributed by atoms with van der Waals surface area (Å²) >= 11 is 11.8. The van der Waals surface area contributed by atoms with Crippen molar-refractivity contribution in [2.24, 2.45) is 4.99 Å². The van der Waals surface area contributed by atoms with Gasteiger partial charge in [-0.25, -0.2) is 19.8 Å². The van der Waals surface area contributed by atoms with Gasteiger partial charge in [0, 0.05) is 17.1 Å². The number of amides is 2. The van der Waals surface area contributed by atoms with Gasteiger partial charge in [0.25, 0.3) is 0 Å². The van der Waals surface area contributed by atoms with Gasteiger partial charge in [0.15, 0.2) is 0 Å². The number of nitrogens with one attached hydrogen (secondary N) is 3. The number of carbonyl (C=O) groups is 1. The van der Waals surface area contributed by atoms with Crippen molar-refractivity contribution in [3.05, 3.63) is 45.7 Å². The Hall–Kier alpha value is -2.38. The molecule has 1 fully saturated rings. The quantitative estimate of drug-likeness (QED) is 0.540. The van der Waals surface area contributed by atoms with E-state index in [1.165, 1.54) is 0 Å². The maximum Gasteiger partial charge on any atom is 0.326 e. The Balaban J connectivity index is 1.69. The van der Waals surface area contributed by atoms with E-state index in [1.807, 2.05) is 19.9 Å². The van der Waals surface area contributed by atoms with E-state index < -0.39 is 6.03 Å². The summed E-state index contributed by atoms with van der Waals surface area (Å²) in [4.78, 5) is 25.4. The molecule has 0 atom stereocenters. The van der Waals surface area contributed by atoms with E-state index >= 15 is 0 Å². The molecule has 0 saturated heterocycles. The monoisotopic (exact) mass is 392 g/mol. The summed E-state index contributed by atoms with van der Waals surface area (Å²) in [6.07, 6.45) is 1.99. The lowest BCUT2D eigenvalue weighted by Crippen LogP contribution is -2.39. The minimum atomic E-state index is -0.459. The van der Waals surface area contributed by atoms with E-state index in [-0.39, 0.29) is 6.04 Å². The van der Waals surface area contributed by atoms with E-state index in [2.05, 4.69) is 30.9 Å². The molecule has 7 nitrogen and oxygen atoms in total. The topological polar surface area (TPSA) is 91.3 Å². The highest BCUT2D eigenvalue weighted by atomic mass is 35.5. The molecule has 1 aliphatic rings. The predicted molar refractivity (Wildman–Crippen MR) is 104 cm³/mol. The van der Waals surface area contributed by atoms with Crippen LogP contribution in [0.15, 0.2) is 29.3 Å². The van der Waals surface area contributed by atoms with Gasteiger partial charge in [0.1, 0.15) is 0 Å². The maximum atomic E-state index is 12.3. The van der Waals surface area contributed by atoms with Crippen LogP contribution in [-0.4, -0.2) is 28.0 Å². The Morgan fingerprint density at radius 2 is 1.77 bits per heavy atom. The number of halogens is 2. The second-order valence-corrected chi connectivity index (χ2v) is 6.83. The van der Waals surface area contributed by atoms with E-state index in [4.69, 9.17) is 23.2 Å². The number of aliphatic imine (C=N–C) groups is 1. The number of guanidine groups is 1. The third-order valence-corrected chi connectivity index (χ3v) is 4.22. The summed E-state index contributed by atoms with van der Waals surface area (Å²) in [5.41, 5.74) is 2.17. The van der Waals surface area contributed by atoms with Crippen molar-refractivity contribution < 1.29 is 4.79 Å². The fourth-order valence-electron chi connectivity index (χ4n) is 2.21. The molecular formula is C17H18Cl2N6O. The molecule has 0 bridgehead atoms. The third kappa shape index (κ3) is 5.31. The average molecular weight is 393 g/mol. The molecule has 1 heterocycles. The van der Waals surface area contributed by atoms with Crippen molar-refractivity contribution >= 4 is 46.8 Å². The fraction of sp³-hybridized carbons (Fsp3) is 0.294.